The van der Waals surface area contributed by atoms with E-state index in [1.54, 1.807) is 0 Å². The molecule has 0 amide bonds. The second kappa shape index (κ2) is 2.05. The Balaban J connectivity index is 2.17. The number of hydrogen-bond acceptors (Lipinski definition) is 3. The van der Waals surface area contributed by atoms with Gasteiger partial charge in [-0.15, -0.1) is 0 Å². The van der Waals surface area contributed by atoms with E-state index in [0.717, 1.165) is 6.42 Å². The molecule has 0 radical (unpaired) electrons. The summed E-state index contributed by atoms with van der Waals surface area (Å²) in [4.78, 5) is 22.8. The predicted octanol–water partition coefficient (Wildman–Crippen LogP) is 1.03. The molecule has 0 unspecified atom stereocenters. The van der Waals surface area contributed by atoms with Gasteiger partial charge in [0, 0.05) is 5.92 Å². The summed E-state index contributed by atoms with van der Waals surface area (Å²) in [5, 5.41) is 0. The van der Waals surface area contributed by atoms with Gasteiger partial charge in [0.2, 0.25) is 0 Å². The van der Waals surface area contributed by atoms with Gasteiger partial charge in [-0.1, -0.05) is 28.1 Å². The van der Waals surface area contributed by atoms with Crippen LogP contribution in [0.4, 0.5) is 0 Å². The van der Waals surface area contributed by atoms with Crippen molar-refractivity contribution in [2.24, 2.45) is 17.8 Å². The van der Waals surface area contributed by atoms with Crippen LogP contribution in [0.3, 0.4) is 0 Å². The van der Waals surface area contributed by atoms with Crippen molar-refractivity contribution in [2.75, 3.05) is 0 Å². The maximum Gasteiger partial charge on any atom is 0.332 e. The maximum absolute atomic E-state index is 11.5. The van der Waals surface area contributed by atoms with Crippen molar-refractivity contribution in [1.29, 1.82) is 0 Å². The van der Waals surface area contributed by atoms with Crippen LogP contribution in [0.25, 0.3) is 0 Å². The van der Waals surface area contributed by atoms with Gasteiger partial charge in [0.1, 0.15) is 4.32 Å². The van der Waals surface area contributed by atoms with Crippen LogP contribution in [0.15, 0.2) is 12.2 Å². The minimum absolute atomic E-state index is 0.140. The third-order valence-corrected chi connectivity index (χ3v) is 4.70. The molecule has 1 saturated carbocycles. The standard InChI is InChI=1S/C9H7BrO3/c10-9-5-2-1-4(3-5)6(9)7(11)13-8(9)12/h1-2,4-6H,3H2/t4-,5+,6-,9-/m0/s1. The van der Waals surface area contributed by atoms with Crippen LogP contribution in [-0.4, -0.2) is 16.3 Å². The minimum Gasteiger partial charge on any atom is -0.392 e. The van der Waals surface area contributed by atoms with Crippen LogP contribution < -0.4 is 0 Å². The van der Waals surface area contributed by atoms with Crippen molar-refractivity contribution >= 4 is 27.9 Å². The fourth-order valence-electron chi connectivity index (χ4n) is 2.69. The van der Waals surface area contributed by atoms with E-state index >= 15 is 0 Å². The number of cyclic esters (lactones) is 2. The van der Waals surface area contributed by atoms with Crippen molar-refractivity contribution in [1.82, 2.24) is 0 Å². The van der Waals surface area contributed by atoms with Crippen LogP contribution in [0.2, 0.25) is 0 Å². The van der Waals surface area contributed by atoms with Crippen LogP contribution >= 0.6 is 15.9 Å². The molecule has 0 aromatic heterocycles. The fourth-order valence-corrected chi connectivity index (χ4v) is 3.63. The van der Waals surface area contributed by atoms with E-state index in [2.05, 4.69) is 20.7 Å². The number of halogens is 1. The molecule has 0 N–H and O–H groups in total. The monoisotopic (exact) mass is 242 g/mol. The molecule has 68 valence electrons. The summed E-state index contributed by atoms with van der Waals surface area (Å²) in [5.41, 5.74) is 0. The summed E-state index contributed by atoms with van der Waals surface area (Å²) >= 11 is 3.39. The summed E-state index contributed by atoms with van der Waals surface area (Å²) < 4.78 is 3.91. The van der Waals surface area contributed by atoms with E-state index in [-0.39, 0.29) is 23.7 Å². The van der Waals surface area contributed by atoms with Gasteiger partial charge in [-0.25, -0.2) is 4.79 Å². The second-order valence-electron chi connectivity index (χ2n) is 3.85. The Morgan fingerprint density at radius 2 is 2.23 bits per heavy atom. The molecule has 3 rings (SSSR count). The highest BCUT2D eigenvalue weighted by molar-refractivity contribution is 9.10. The van der Waals surface area contributed by atoms with Crippen molar-refractivity contribution < 1.29 is 14.3 Å². The minimum atomic E-state index is -0.733. The van der Waals surface area contributed by atoms with Gasteiger partial charge in [0.05, 0.1) is 5.92 Å². The Bertz CT molecular complexity index is 349. The number of allylic oxidation sites excluding steroid dienone is 2. The molecule has 1 saturated heterocycles. The zero-order valence-electron chi connectivity index (χ0n) is 6.70. The molecule has 4 atom stereocenters. The Morgan fingerprint density at radius 3 is 2.92 bits per heavy atom. The van der Waals surface area contributed by atoms with Gasteiger partial charge in [-0.3, -0.25) is 4.79 Å². The van der Waals surface area contributed by atoms with E-state index in [4.69, 9.17) is 0 Å². The van der Waals surface area contributed by atoms with Gasteiger partial charge in [0.15, 0.2) is 0 Å². The Morgan fingerprint density at radius 1 is 1.46 bits per heavy atom. The van der Waals surface area contributed by atoms with Gasteiger partial charge >= 0.3 is 11.9 Å². The third-order valence-electron chi connectivity index (χ3n) is 3.30. The van der Waals surface area contributed by atoms with E-state index in [1.807, 2.05) is 12.2 Å². The summed E-state index contributed by atoms with van der Waals surface area (Å²) in [5.74, 6) is -0.710. The SMILES string of the molecule is O=C1OC(=O)[C@]2(Br)[C@@H]3C=C[C@@H](C3)[C@@H]12. The van der Waals surface area contributed by atoms with Crippen molar-refractivity contribution in [3.05, 3.63) is 12.2 Å². The molecular weight excluding hydrogens is 236 g/mol. The third kappa shape index (κ3) is 0.676. The number of alkyl halides is 1. The molecule has 2 fully saturated rings. The molecule has 3 nitrogen and oxygen atoms in total. The normalized spacial score (nSPS) is 51.3. The highest BCUT2D eigenvalue weighted by atomic mass is 79.9. The molecule has 2 aliphatic carbocycles. The topological polar surface area (TPSA) is 43.4 Å². The van der Waals surface area contributed by atoms with Crippen molar-refractivity contribution in [3.8, 4) is 0 Å². The molecule has 1 aliphatic heterocycles. The van der Waals surface area contributed by atoms with E-state index in [1.165, 1.54) is 0 Å². The highest BCUT2D eigenvalue weighted by Gasteiger charge is 2.68. The summed E-state index contributed by atoms with van der Waals surface area (Å²) in [6.07, 6.45) is 4.93. The lowest BCUT2D eigenvalue weighted by Gasteiger charge is -2.23. The molecular formula is C9H7BrO3. The second-order valence-corrected chi connectivity index (χ2v) is 5.16. The molecule has 0 aromatic rings. The summed E-state index contributed by atoms with van der Waals surface area (Å²) in [6, 6.07) is 0. The van der Waals surface area contributed by atoms with E-state index in [0.29, 0.717) is 0 Å². The van der Waals surface area contributed by atoms with Gasteiger partial charge in [0.25, 0.3) is 0 Å². The van der Waals surface area contributed by atoms with Crippen molar-refractivity contribution in [2.45, 2.75) is 10.7 Å². The average molecular weight is 243 g/mol. The number of hydrogen-bond donors (Lipinski definition) is 0. The molecule has 4 heteroatoms. The lowest BCUT2D eigenvalue weighted by Crippen LogP contribution is -2.38. The first-order valence-electron chi connectivity index (χ1n) is 4.27. The number of rotatable bonds is 0. The van der Waals surface area contributed by atoms with Gasteiger partial charge in [-0.2, -0.15) is 0 Å². The van der Waals surface area contributed by atoms with Crippen molar-refractivity contribution in [3.63, 3.8) is 0 Å². The first-order chi connectivity index (χ1) is 6.14. The largest absolute Gasteiger partial charge is 0.392 e. The zero-order chi connectivity index (χ0) is 9.22. The first-order valence-corrected chi connectivity index (χ1v) is 5.06. The van der Waals surface area contributed by atoms with Gasteiger partial charge < -0.3 is 4.74 Å². The molecule has 3 aliphatic rings. The fraction of sp³-hybridized carbons (Fsp3) is 0.556. The number of carbonyl (C=O) groups excluding carboxylic acids is 2. The quantitative estimate of drug-likeness (QED) is 0.276. The number of carbonyl (C=O) groups is 2. The van der Waals surface area contributed by atoms with Gasteiger partial charge in [-0.05, 0) is 12.3 Å². The Hall–Kier alpha value is -0.640. The Kier molecular flexibility index (Phi) is 1.22. The molecule has 1 heterocycles. The Labute approximate surface area is 83.3 Å². The number of fused-ring (bicyclic) bond motifs is 5. The average Bonchev–Trinajstić information content (AvgIpc) is 2.66. The first kappa shape index (κ1) is 7.74. The number of esters is 2. The smallest absolute Gasteiger partial charge is 0.332 e. The lowest BCUT2D eigenvalue weighted by atomic mass is 9.85. The summed E-state index contributed by atoms with van der Waals surface area (Å²) in [7, 11) is 0. The summed E-state index contributed by atoms with van der Waals surface area (Å²) in [6.45, 7) is 0. The predicted molar refractivity (Wildman–Crippen MR) is 47.0 cm³/mol. The van der Waals surface area contributed by atoms with Crippen LogP contribution in [0.1, 0.15) is 6.42 Å². The van der Waals surface area contributed by atoms with E-state index in [9.17, 15) is 9.59 Å². The lowest BCUT2D eigenvalue weighted by molar-refractivity contribution is -0.154. The highest BCUT2D eigenvalue weighted by Crippen LogP contribution is 2.58. The zero-order valence-corrected chi connectivity index (χ0v) is 8.28. The van der Waals surface area contributed by atoms with Crippen LogP contribution in [-0.2, 0) is 14.3 Å². The molecule has 0 spiro atoms. The van der Waals surface area contributed by atoms with E-state index < -0.39 is 10.3 Å². The molecule has 0 aromatic carbocycles. The number of ether oxygens (including phenoxy) is 1. The molecule has 13 heavy (non-hydrogen) atoms. The molecule has 2 bridgehead atoms. The maximum atomic E-state index is 11.5. The van der Waals surface area contributed by atoms with Crippen LogP contribution in [0.5, 0.6) is 0 Å². The van der Waals surface area contributed by atoms with Crippen LogP contribution in [0, 0.1) is 17.8 Å².